The van der Waals surface area contributed by atoms with Crippen LogP contribution < -0.4 is 10.1 Å². The molecule has 5 rings (SSSR count). The van der Waals surface area contributed by atoms with E-state index < -0.39 is 6.10 Å². The van der Waals surface area contributed by atoms with Crippen LogP contribution in [0.15, 0.2) is 48.5 Å². The van der Waals surface area contributed by atoms with Gasteiger partial charge in [0.1, 0.15) is 5.75 Å². The number of piperidine rings is 1. The van der Waals surface area contributed by atoms with Gasteiger partial charge in [0.15, 0.2) is 12.4 Å². The van der Waals surface area contributed by atoms with E-state index in [1.54, 1.807) is 24.3 Å². The third-order valence-corrected chi connectivity index (χ3v) is 6.18. The number of hydrogen-bond donors (Lipinski definition) is 1. The third kappa shape index (κ3) is 4.29. The molecular weight excluding hydrogens is 396 g/mol. The lowest BCUT2D eigenvalue weighted by Crippen LogP contribution is -2.41. The van der Waals surface area contributed by atoms with E-state index in [9.17, 15) is 9.59 Å². The van der Waals surface area contributed by atoms with Gasteiger partial charge < -0.3 is 24.4 Å². The number of ether oxygens (including phenoxy) is 3. The maximum Gasteiger partial charge on any atom is 0.265 e. The Morgan fingerprint density at radius 3 is 2.52 bits per heavy atom. The number of hydrogen-bond acceptors (Lipinski definition) is 5. The van der Waals surface area contributed by atoms with Gasteiger partial charge in [-0.05, 0) is 42.7 Å². The molecule has 31 heavy (non-hydrogen) atoms. The second-order valence-electron chi connectivity index (χ2n) is 8.23. The van der Waals surface area contributed by atoms with Crippen LogP contribution in [-0.4, -0.2) is 55.4 Å². The van der Waals surface area contributed by atoms with Gasteiger partial charge >= 0.3 is 0 Å². The Labute approximate surface area is 181 Å². The summed E-state index contributed by atoms with van der Waals surface area (Å²) in [4.78, 5) is 27.5. The van der Waals surface area contributed by atoms with Crippen LogP contribution >= 0.6 is 0 Å². The molecule has 3 aliphatic rings. The van der Waals surface area contributed by atoms with Gasteiger partial charge in [0.25, 0.3) is 11.8 Å². The quantitative estimate of drug-likeness (QED) is 0.820. The van der Waals surface area contributed by atoms with Gasteiger partial charge in [-0.2, -0.15) is 0 Å². The molecule has 162 valence electrons. The minimum Gasteiger partial charge on any atom is -0.480 e. The van der Waals surface area contributed by atoms with Crippen molar-refractivity contribution in [1.29, 1.82) is 0 Å². The molecule has 7 heteroatoms. The van der Waals surface area contributed by atoms with Crippen LogP contribution in [0, 0.1) is 5.92 Å². The lowest BCUT2D eigenvalue weighted by molar-refractivity contribution is -0.122. The molecule has 2 aromatic rings. The molecule has 7 nitrogen and oxygen atoms in total. The molecule has 0 saturated carbocycles. The fourth-order valence-corrected chi connectivity index (χ4v) is 4.49. The highest BCUT2D eigenvalue weighted by molar-refractivity contribution is 5.98. The maximum atomic E-state index is 13.0. The molecule has 0 spiro atoms. The monoisotopic (exact) mass is 422 g/mol. The molecule has 2 amide bonds. The van der Waals surface area contributed by atoms with Crippen molar-refractivity contribution in [2.24, 2.45) is 5.92 Å². The summed E-state index contributed by atoms with van der Waals surface area (Å²) in [5, 5.41) is 2.89. The van der Waals surface area contributed by atoms with Crippen LogP contribution in [0.1, 0.15) is 28.8 Å². The van der Waals surface area contributed by atoms with Crippen molar-refractivity contribution in [1.82, 2.24) is 4.90 Å². The Hall–Kier alpha value is -2.90. The first kappa shape index (κ1) is 20.0. The summed E-state index contributed by atoms with van der Waals surface area (Å²) in [6, 6.07) is 14.8. The van der Waals surface area contributed by atoms with Crippen molar-refractivity contribution in [2.45, 2.75) is 31.7 Å². The predicted molar refractivity (Wildman–Crippen MR) is 114 cm³/mol. The van der Waals surface area contributed by atoms with Gasteiger partial charge in [-0.1, -0.05) is 24.3 Å². The second-order valence-corrected chi connectivity index (χ2v) is 8.23. The summed E-state index contributed by atoms with van der Waals surface area (Å²) in [7, 11) is 0. The number of anilines is 1. The Balaban J connectivity index is 1.18. The molecule has 0 bridgehead atoms. The molecule has 1 atom stereocenters. The van der Waals surface area contributed by atoms with Gasteiger partial charge in [-0.25, -0.2) is 0 Å². The van der Waals surface area contributed by atoms with Crippen molar-refractivity contribution in [3.8, 4) is 5.75 Å². The molecule has 2 fully saturated rings. The number of likely N-dealkylation sites (tertiary alicyclic amines) is 1. The first-order valence-electron chi connectivity index (χ1n) is 10.9. The van der Waals surface area contributed by atoms with E-state index in [0.29, 0.717) is 49.9 Å². The normalized spacial score (nSPS) is 21.5. The van der Waals surface area contributed by atoms with E-state index in [2.05, 4.69) is 5.32 Å². The molecular formula is C24H26N2O5. The molecule has 3 heterocycles. The highest BCUT2D eigenvalue weighted by atomic mass is 16.7. The summed E-state index contributed by atoms with van der Waals surface area (Å²) < 4.78 is 17.0. The van der Waals surface area contributed by atoms with Crippen LogP contribution in [-0.2, 0) is 20.7 Å². The minimum atomic E-state index is -0.559. The smallest absolute Gasteiger partial charge is 0.265 e. The van der Waals surface area contributed by atoms with Crippen molar-refractivity contribution < 1.29 is 23.8 Å². The molecule has 1 N–H and O–H groups in total. The Morgan fingerprint density at radius 2 is 1.74 bits per heavy atom. The van der Waals surface area contributed by atoms with Crippen molar-refractivity contribution in [3.05, 3.63) is 59.7 Å². The van der Waals surface area contributed by atoms with Gasteiger partial charge in [-0.15, -0.1) is 0 Å². The number of fused-ring (bicyclic) bond motifs is 1. The lowest BCUT2D eigenvalue weighted by Gasteiger charge is -2.34. The van der Waals surface area contributed by atoms with Crippen LogP contribution in [0.3, 0.4) is 0 Å². The topological polar surface area (TPSA) is 77.1 Å². The van der Waals surface area contributed by atoms with E-state index in [-0.39, 0.29) is 18.1 Å². The first-order chi connectivity index (χ1) is 15.2. The van der Waals surface area contributed by atoms with Crippen LogP contribution in [0.2, 0.25) is 0 Å². The van der Waals surface area contributed by atoms with Gasteiger partial charge in [0.2, 0.25) is 0 Å². The number of amides is 2. The molecule has 3 aliphatic heterocycles. The second kappa shape index (κ2) is 8.69. The van der Waals surface area contributed by atoms with Crippen LogP contribution in [0.25, 0.3) is 0 Å². The van der Waals surface area contributed by atoms with Gasteiger partial charge in [-0.3, -0.25) is 9.59 Å². The Bertz CT molecular complexity index is 939. The van der Waals surface area contributed by atoms with Gasteiger partial charge in [0, 0.05) is 36.7 Å². The van der Waals surface area contributed by atoms with E-state index in [4.69, 9.17) is 14.2 Å². The fourth-order valence-electron chi connectivity index (χ4n) is 4.49. The number of benzene rings is 2. The highest BCUT2D eigenvalue weighted by Crippen LogP contribution is 2.29. The van der Waals surface area contributed by atoms with E-state index in [0.717, 1.165) is 24.2 Å². The van der Waals surface area contributed by atoms with Crippen LogP contribution in [0.4, 0.5) is 5.69 Å². The molecule has 0 aromatic heterocycles. The molecule has 0 radical (unpaired) electrons. The molecule has 0 aliphatic carbocycles. The summed E-state index contributed by atoms with van der Waals surface area (Å²) in [6.07, 6.45) is 1.60. The number of nitrogens with zero attached hydrogens (tertiary/aromatic N) is 1. The average molecular weight is 422 g/mol. The van der Waals surface area contributed by atoms with Gasteiger partial charge in [0.05, 0.1) is 13.2 Å². The van der Waals surface area contributed by atoms with E-state index in [1.807, 2.05) is 29.2 Å². The average Bonchev–Trinajstić information content (AvgIpc) is 3.49. The number of carbonyl (C=O) groups is 2. The fraction of sp³-hybridized carbons (Fsp3) is 0.417. The SMILES string of the molecule is O=C(Nc1cccc(C(=O)N2CCC(C3OCCO3)CC2)c1)C1Cc2ccccc2O1. The number of rotatable bonds is 4. The number of para-hydroxylation sites is 1. The zero-order valence-corrected chi connectivity index (χ0v) is 17.3. The summed E-state index contributed by atoms with van der Waals surface area (Å²) in [6.45, 7) is 2.66. The number of carbonyl (C=O) groups excluding carboxylic acids is 2. The minimum absolute atomic E-state index is 0.0210. The van der Waals surface area contributed by atoms with Crippen molar-refractivity contribution in [2.75, 3.05) is 31.6 Å². The summed E-state index contributed by atoms with van der Waals surface area (Å²) in [5.74, 6) is 0.863. The highest BCUT2D eigenvalue weighted by Gasteiger charge is 2.32. The first-order valence-corrected chi connectivity index (χ1v) is 10.9. The zero-order valence-electron chi connectivity index (χ0n) is 17.3. The lowest BCUT2D eigenvalue weighted by atomic mass is 9.95. The molecule has 2 saturated heterocycles. The predicted octanol–water partition coefficient (Wildman–Crippen LogP) is 2.85. The molecule has 1 unspecified atom stereocenters. The maximum absolute atomic E-state index is 13.0. The van der Waals surface area contributed by atoms with E-state index >= 15 is 0 Å². The van der Waals surface area contributed by atoms with E-state index in [1.165, 1.54) is 0 Å². The molecule has 2 aromatic carbocycles. The summed E-state index contributed by atoms with van der Waals surface area (Å²) >= 11 is 0. The van der Waals surface area contributed by atoms with Crippen LogP contribution in [0.5, 0.6) is 5.75 Å². The zero-order chi connectivity index (χ0) is 21.2. The van der Waals surface area contributed by atoms with Crippen molar-refractivity contribution >= 4 is 17.5 Å². The largest absolute Gasteiger partial charge is 0.480 e. The Morgan fingerprint density at radius 1 is 0.968 bits per heavy atom. The Kier molecular flexibility index (Phi) is 5.61. The summed E-state index contributed by atoms with van der Waals surface area (Å²) in [5.41, 5.74) is 2.20. The van der Waals surface area contributed by atoms with Crippen molar-refractivity contribution in [3.63, 3.8) is 0 Å². The standard InChI is InChI=1S/C24H26N2O5/c27-22(21-15-17-4-1-2-7-20(17)31-21)25-19-6-3-5-18(14-19)23(28)26-10-8-16(9-11-26)24-29-12-13-30-24/h1-7,14,16,21,24H,8-13,15H2,(H,25,27). The third-order valence-electron chi connectivity index (χ3n) is 6.18. The number of nitrogens with one attached hydrogen (secondary N) is 1.